The standard InChI is InChI=1S/C14H14FNO2/c1-2-3-12-11(14(17)18)8-13(16-12)9-4-6-10(15)7-5-9/h4-8,16H,2-3H2,1H3,(H,17,18). The van der Waals surface area contributed by atoms with Gasteiger partial charge < -0.3 is 10.1 Å². The van der Waals surface area contributed by atoms with Crippen LogP contribution >= 0.6 is 0 Å². The molecule has 0 aliphatic carbocycles. The first-order valence-corrected chi connectivity index (χ1v) is 5.83. The van der Waals surface area contributed by atoms with Crippen molar-refractivity contribution in [1.82, 2.24) is 4.98 Å². The molecule has 0 saturated heterocycles. The van der Waals surface area contributed by atoms with Gasteiger partial charge in [-0.15, -0.1) is 0 Å². The van der Waals surface area contributed by atoms with Crippen molar-refractivity contribution in [2.45, 2.75) is 19.8 Å². The molecular formula is C14H14FNO2. The van der Waals surface area contributed by atoms with E-state index in [1.165, 1.54) is 12.1 Å². The number of nitrogens with one attached hydrogen (secondary N) is 1. The van der Waals surface area contributed by atoms with Crippen molar-refractivity contribution in [3.8, 4) is 11.3 Å². The highest BCUT2D eigenvalue weighted by molar-refractivity contribution is 5.91. The first kappa shape index (κ1) is 12.4. The fourth-order valence-corrected chi connectivity index (χ4v) is 1.92. The highest BCUT2D eigenvalue weighted by Crippen LogP contribution is 2.23. The van der Waals surface area contributed by atoms with Gasteiger partial charge in [-0.3, -0.25) is 0 Å². The summed E-state index contributed by atoms with van der Waals surface area (Å²) >= 11 is 0. The number of aromatic amines is 1. The van der Waals surface area contributed by atoms with Crippen LogP contribution in [0.25, 0.3) is 11.3 Å². The summed E-state index contributed by atoms with van der Waals surface area (Å²) in [5, 5.41) is 9.12. The minimum Gasteiger partial charge on any atom is -0.478 e. The summed E-state index contributed by atoms with van der Waals surface area (Å²) < 4.78 is 12.8. The third-order valence-electron chi connectivity index (χ3n) is 2.78. The Morgan fingerprint density at radius 2 is 2.00 bits per heavy atom. The second kappa shape index (κ2) is 5.04. The molecule has 2 rings (SSSR count). The highest BCUT2D eigenvalue weighted by atomic mass is 19.1. The Morgan fingerprint density at radius 1 is 1.33 bits per heavy atom. The molecule has 0 aliphatic rings. The monoisotopic (exact) mass is 247 g/mol. The normalized spacial score (nSPS) is 10.6. The summed E-state index contributed by atoms with van der Waals surface area (Å²) in [7, 11) is 0. The number of aryl methyl sites for hydroxylation is 1. The second-order valence-corrected chi connectivity index (χ2v) is 4.14. The lowest BCUT2D eigenvalue weighted by atomic mass is 10.1. The number of carbonyl (C=O) groups is 1. The molecular weight excluding hydrogens is 233 g/mol. The van der Waals surface area contributed by atoms with Gasteiger partial charge in [0.05, 0.1) is 5.56 Å². The van der Waals surface area contributed by atoms with Crippen molar-refractivity contribution < 1.29 is 14.3 Å². The van der Waals surface area contributed by atoms with Crippen LogP contribution in [0.15, 0.2) is 30.3 Å². The molecule has 1 aromatic heterocycles. The summed E-state index contributed by atoms with van der Waals surface area (Å²) in [4.78, 5) is 14.2. The lowest BCUT2D eigenvalue weighted by Gasteiger charge is -1.98. The van der Waals surface area contributed by atoms with Crippen molar-refractivity contribution in [3.05, 3.63) is 47.4 Å². The fourth-order valence-electron chi connectivity index (χ4n) is 1.92. The number of carboxylic acids is 1. The van der Waals surface area contributed by atoms with Gasteiger partial charge in [-0.25, -0.2) is 9.18 Å². The van der Waals surface area contributed by atoms with Gasteiger partial charge in [0.1, 0.15) is 5.82 Å². The van der Waals surface area contributed by atoms with Crippen LogP contribution < -0.4 is 0 Å². The molecule has 0 spiro atoms. The Hall–Kier alpha value is -2.10. The Kier molecular flexibility index (Phi) is 3.46. The number of halogens is 1. The van der Waals surface area contributed by atoms with Gasteiger partial charge in [-0.05, 0) is 42.3 Å². The zero-order valence-electron chi connectivity index (χ0n) is 10.0. The van der Waals surface area contributed by atoms with Crippen LogP contribution in [0.2, 0.25) is 0 Å². The van der Waals surface area contributed by atoms with E-state index in [-0.39, 0.29) is 11.4 Å². The smallest absolute Gasteiger partial charge is 0.337 e. The summed E-state index contributed by atoms with van der Waals surface area (Å²) in [5.74, 6) is -1.25. The Labute approximate surface area is 104 Å². The zero-order valence-corrected chi connectivity index (χ0v) is 10.0. The molecule has 0 fully saturated rings. The Balaban J connectivity index is 2.42. The number of benzene rings is 1. The SMILES string of the molecule is CCCc1[nH]c(-c2ccc(F)cc2)cc1C(=O)O. The first-order chi connectivity index (χ1) is 8.61. The maximum atomic E-state index is 12.8. The van der Waals surface area contributed by atoms with Gasteiger partial charge in [-0.2, -0.15) is 0 Å². The molecule has 1 heterocycles. The molecule has 0 amide bonds. The number of carboxylic acid groups (broad SMARTS) is 1. The summed E-state index contributed by atoms with van der Waals surface area (Å²) in [6.07, 6.45) is 1.55. The number of hydrogen-bond acceptors (Lipinski definition) is 1. The quantitative estimate of drug-likeness (QED) is 0.869. The predicted octanol–water partition coefficient (Wildman–Crippen LogP) is 3.47. The van der Waals surface area contributed by atoms with E-state index in [4.69, 9.17) is 5.11 Å². The van der Waals surface area contributed by atoms with E-state index in [9.17, 15) is 9.18 Å². The lowest BCUT2D eigenvalue weighted by molar-refractivity contribution is 0.0696. The zero-order chi connectivity index (χ0) is 13.1. The van der Waals surface area contributed by atoms with Crippen molar-refractivity contribution >= 4 is 5.97 Å². The van der Waals surface area contributed by atoms with Crippen LogP contribution in [0.3, 0.4) is 0 Å². The van der Waals surface area contributed by atoms with Crippen LogP contribution in [0.1, 0.15) is 29.4 Å². The van der Waals surface area contributed by atoms with Crippen molar-refractivity contribution in [3.63, 3.8) is 0 Å². The minimum absolute atomic E-state index is 0.288. The molecule has 3 nitrogen and oxygen atoms in total. The maximum Gasteiger partial charge on any atom is 0.337 e. The molecule has 0 saturated carbocycles. The number of aromatic carboxylic acids is 1. The molecule has 2 aromatic rings. The first-order valence-electron chi connectivity index (χ1n) is 5.83. The van der Waals surface area contributed by atoms with E-state index >= 15 is 0 Å². The van der Waals surface area contributed by atoms with Gasteiger partial charge in [0.2, 0.25) is 0 Å². The van der Waals surface area contributed by atoms with Crippen LogP contribution in [-0.2, 0) is 6.42 Å². The maximum absolute atomic E-state index is 12.8. The Morgan fingerprint density at radius 3 is 2.56 bits per heavy atom. The molecule has 94 valence electrons. The fraction of sp³-hybridized carbons (Fsp3) is 0.214. The molecule has 0 radical (unpaired) electrons. The molecule has 2 N–H and O–H groups in total. The molecule has 0 atom stereocenters. The van der Waals surface area contributed by atoms with E-state index in [1.807, 2.05) is 6.92 Å². The molecule has 18 heavy (non-hydrogen) atoms. The summed E-state index contributed by atoms with van der Waals surface area (Å²) in [5.41, 5.74) is 2.48. The van der Waals surface area contributed by atoms with Gasteiger partial charge in [0.15, 0.2) is 0 Å². The summed E-state index contributed by atoms with van der Waals surface area (Å²) in [6.45, 7) is 1.99. The van der Waals surface area contributed by atoms with E-state index in [1.54, 1.807) is 18.2 Å². The van der Waals surface area contributed by atoms with E-state index in [0.717, 1.165) is 12.0 Å². The topological polar surface area (TPSA) is 53.1 Å². The van der Waals surface area contributed by atoms with Crippen LogP contribution in [0.5, 0.6) is 0 Å². The van der Waals surface area contributed by atoms with Crippen molar-refractivity contribution in [1.29, 1.82) is 0 Å². The number of rotatable bonds is 4. The second-order valence-electron chi connectivity index (χ2n) is 4.14. The molecule has 0 unspecified atom stereocenters. The number of aromatic nitrogens is 1. The van der Waals surface area contributed by atoms with E-state index < -0.39 is 5.97 Å². The predicted molar refractivity (Wildman–Crippen MR) is 67.1 cm³/mol. The molecule has 0 aliphatic heterocycles. The van der Waals surface area contributed by atoms with Crippen LogP contribution in [0, 0.1) is 5.82 Å². The van der Waals surface area contributed by atoms with Crippen LogP contribution in [-0.4, -0.2) is 16.1 Å². The summed E-state index contributed by atoms with van der Waals surface area (Å²) in [6, 6.07) is 7.57. The van der Waals surface area contributed by atoms with E-state index in [2.05, 4.69) is 4.98 Å². The third kappa shape index (κ3) is 2.42. The van der Waals surface area contributed by atoms with Crippen molar-refractivity contribution in [2.24, 2.45) is 0 Å². The Bertz CT molecular complexity index is 558. The van der Waals surface area contributed by atoms with Gasteiger partial charge in [0.25, 0.3) is 0 Å². The highest BCUT2D eigenvalue weighted by Gasteiger charge is 2.14. The molecule has 4 heteroatoms. The van der Waals surface area contributed by atoms with Gasteiger partial charge in [0, 0.05) is 11.4 Å². The van der Waals surface area contributed by atoms with E-state index in [0.29, 0.717) is 17.8 Å². The number of H-pyrrole nitrogens is 1. The third-order valence-corrected chi connectivity index (χ3v) is 2.78. The number of hydrogen-bond donors (Lipinski definition) is 2. The average molecular weight is 247 g/mol. The van der Waals surface area contributed by atoms with Gasteiger partial charge in [-0.1, -0.05) is 13.3 Å². The van der Waals surface area contributed by atoms with Gasteiger partial charge >= 0.3 is 5.97 Å². The molecule has 0 bridgehead atoms. The van der Waals surface area contributed by atoms with Crippen molar-refractivity contribution in [2.75, 3.05) is 0 Å². The molecule has 1 aromatic carbocycles. The van der Waals surface area contributed by atoms with Crippen LogP contribution in [0.4, 0.5) is 4.39 Å². The largest absolute Gasteiger partial charge is 0.478 e. The average Bonchev–Trinajstić information content (AvgIpc) is 2.75. The minimum atomic E-state index is -0.942. The lowest BCUT2D eigenvalue weighted by Crippen LogP contribution is -1.99.